The van der Waals surface area contributed by atoms with Gasteiger partial charge in [-0.05, 0) is 36.1 Å². The number of aliphatic imine (C=N–C) groups is 1. The molecule has 0 spiro atoms. The van der Waals surface area contributed by atoms with Crippen molar-refractivity contribution in [2.75, 3.05) is 26.1 Å². The van der Waals surface area contributed by atoms with E-state index in [1.165, 1.54) is 0 Å². The highest BCUT2D eigenvalue weighted by Gasteiger charge is 2.19. The standard InChI is InChI=1S/C18H20N2O4/c1-23-16-7-12-6-13(10-20-15(12)8-17(16)24-2)14-4-3-11(9-19-14)5-18(21)22/h6-9,20H,3-5,10H2,1-2H3,(H,21,22). The summed E-state index contributed by atoms with van der Waals surface area (Å²) in [7, 11) is 3.23. The number of rotatable bonds is 5. The van der Waals surface area contributed by atoms with E-state index >= 15 is 0 Å². The lowest BCUT2D eigenvalue weighted by Gasteiger charge is -2.23. The van der Waals surface area contributed by atoms with Gasteiger partial charge in [0, 0.05) is 35.8 Å². The third-order valence-electron chi connectivity index (χ3n) is 4.19. The molecule has 2 N–H and O–H groups in total. The fourth-order valence-corrected chi connectivity index (χ4v) is 2.93. The molecule has 0 saturated heterocycles. The molecule has 2 aliphatic rings. The SMILES string of the molecule is COc1cc2c(cc1OC)NCC(C1=NC=C(CC(=O)O)CC1)=C2. The molecule has 0 aromatic heterocycles. The van der Waals surface area contributed by atoms with Crippen LogP contribution in [0.1, 0.15) is 24.8 Å². The van der Waals surface area contributed by atoms with Crippen molar-refractivity contribution in [1.82, 2.24) is 0 Å². The molecule has 3 rings (SSSR count). The van der Waals surface area contributed by atoms with Gasteiger partial charge in [-0.1, -0.05) is 0 Å². The first kappa shape index (κ1) is 16.1. The Morgan fingerprint density at radius 3 is 2.62 bits per heavy atom. The molecular weight excluding hydrogens is 308 g/mol. The van der Waals surface area contributed by atoms with E-state index in [9.17, 15) is 4.79 Å². The predicted molar refractivity (Wildman–Crippen MR) is 93.0 cm³/mol. The molecule has 0 amide bonds. The van der Waals surface area contributed by atoms with E-state index in [4.69, 9.17) is 14.6 Å². The van der Waals surface area contributed by atoms with Gasteiger partial charge in [0.25, 0.3) is 0 Å². The molecule has 6 nitrogen and oxygen atoms in total. The molecule has 0 radical (unpaired) electrons. The molecule has 2 heterocycles. The Labute approximate surface area is 140 Å². The van der Waals surface area contributed by atoms with Gasteiger partial charge in [0.2, 0.25) is 0 Å². The zero-order valence-corrected chi connectivity index (χ0v) is 13.8. The Bertz CT molecular complexity index is 763. The number of fused-ring (bicyclic) bond motifs is 1. The Morgan fingerprint density at radius 2 is 2.00 bits per heavy atom. The van der Waals surface area contributed by atoms with E-state index in [1.54, 1.807) is 20.4 Å². The molecule has 1 aromatic rings. The van der Waals surface area contributed by atoms with Crippen LogP contribution in [0.2, 0.25) is 0 Å². The molecule has 0 bridgehead atoms. The van der Waals surface area contributed by atoms with Gasteiger partial charge >= 0.3 is 5.97 Å². The zero-order chi connectivity index (χ0) is 17.1. The summed E-state index contributed by atoms with van der Waals surface area (Å²) in [5, 5.41) is 12.2. The van der Waals surface area contributed by atoms with Crippen LogP contribution < -0.4 is 14.8 Å². The molecule has 24 heavy (non-hydrogen) atoms. The van der Waals surface area contributed by atoms with Crippen LogP contribution in [0.4, 0.5) is 5.69 Å². The van der Waals surface area contributed by atoms with Crippen molar-refractivity contribution >= 4 is 23.4 Å². The normalized spacial score (nSPS) is 16.2. The van der Waals surface area contributed by atoms with E-state index in [0.717, 1.165) is 41.0 Å². The molecule has 0 saturated carbocycles. The summed E-state index contributed by atoms with van der Waals surface area (Å²) in [5.74, 6) is 0.565. The maximum Gasteiger partial charge on any atom is 0.307 e. The van der Waals surface area contributed by atoms with Crippen molar-refractivity contribution in [2.24, 2.45) is 4.99 Å². The van der Waals surface area contributed by atoms with Gasteiger partial charge in [0.15, 0.2) is 11.5 Å². The summed E-state index contributed by atoms with van der Waals surface area (Å²) in [6.45, 7) is 0.684. The first-order valence-corrected chi connectivity index (χ1v) is 7.78. The average Bonchev–Trinajstić information content (AvgIpc) is 2.60. The van der Waals surface area contributed by atoms with Crippen molar-refractivity contribution in [3.05, 3.63) is 35.0 Å². The summed E-state index contributed by atoms with van der Waals surface area (Å²) < 4.78 is 10.7. The lowest BCUT2D eigenvalue weighted by Crippen LogP contribution is -2.18. The largest absolute Gasteiger partial charge is 0.493 e. The molecule has 126 valence electrons. The zero-order valence-electron chi connectivity index (χ0n) is 13.8. The van der Waals surface area contributed by atoms with Crippen molar-refractivity contribution in [3.8, 4) is 11.5 Å². The van der Waals surface area contributed by atoms with E-state index in [0.29, 0.717) is 18.0 Å². The monoisotopic (exact) mass is 328 g/mol. The van der Waals surface area contributed by atoms with Gasteiger partial charge in [-0.15, -0.1) is 0 Å². The second-order valence-corrected chi connectivity index (χ2v) is 5.75. The second kappa shape index (κ2) is 6.78. The number of nitrogens with zero attached hydrogens (tertiary/aromatic N) is 1. The number of hydrogen-bond acceptors (Lipinski definition) is 5. The maximum atomic E-state index is 10.8. The minimum atomic E-state index is -0.812. The molecule has 0 atom stereocenters. The number of hydrogen-bond donors (Lipinski definition) is 2. The lowest BCUT2D eigenvalue weighted by molar-refractivity contribution is -0.136. The number of ether oxygens (including phenoxy) is 2. The van der Waals surface area contributed by atoms with Crippen LogP contribution in [0.3, 0.4) is 0 Å². The predicted octanol–water partition coefficient (Wildman–Crippen LogP) is 3.11. The van der Waals surface area contributed by atoms with Gasteiger partial charge in [-0.2, -0.15) is 0 Å². The summed E-state index contributed by atoms with van der Waals surface area (Å²) in [5.41, 5.74) is 4.99. The topological polar surface area (TPSA) is 80.2 Å². The smallest absolute Gasteiger partial charge is 0.307 e. The number of aliphatic carboxylic acids is 1. The van der Waals surface area contributed by atoms with Crippen molar-refractivity contribution in [1.29, 1.82) is 0 Å². The fourth-order valence-electron chi connectivity index (χ4n) is 2.93. The van der Waals surface area contributed by atoms with Crippen molar-refractivity contribution < 1.29 is 19.4 Å². The minimum Gasteiger partial charge on any atom is -0.493 e. The van der Waals surface area contributed by atoms with Crippen LogP contribution in [-0.2, 0) is 4.79 Å². The van der Waals surface area contributed by atoms with Crippen LogP contribution >= 0.6 is 0 Å². The number of benzene rings is 1. The molecule has 6 heteroatoms. The van der Waals surface area contributed by atoms with Gasteiger partial charge in [0.1, 0.15) is 0 Å². The van der Waals surface area contributed by atoms with Gasteiger partial charge in [-0.25, -0.2) is 0 Å². The van der Waals surface area contributed by atoms with Crippen LogP contribution in [0, 0.1) is 0 Å². The highest BCUT2D eigenvalue weighted by molar-refractivity contribution is 6.07. The van der Waals surface area contributed by atoms with Gasteiger partial charge in [-0.3, -0.25) is 9.79 Å². The number of carboxylic acid groups (broad SMARTS) is 1. The Hall–Kier alpha value is -2.76. The number of nitrogens with one attached hydrogen (secondary N) is 1. The van der Waals surface area contributed by atoms with Gasteiger partial charge in [0.05, 0.1) is 20.6 Å². The van der Waals surface area contributed by atoms with Crippen LogP contribution in [0.5, 0.6) is 11.5 Å². The number of carboxylic acids is 1. The number of anilines is 1. The lowest BCUT2D eigenvalue weighted by atomic mass is 9.94. The highest BCUT2D eigenvalue weighted by Crippen LogP contribution is 2.36. The van der Waals surface area contributed by atoms with Gasteiger partial charge < -0.3 is 19.9 Å². The molecular formula is C18H20N2O4. The highest BCUT2D eigenvalue weighted by atomic mass is 16.5. The Morgan fingerprint density at radius 1 is 1.25 bits per heavy atom. The average molecular weight is 328 g/mol. The van der Waals surface area contributed by atoms with Crippen LogP contribution in [0.25, 0.3) is 6.08 Å². The molecule has 1 aromatic carbocycles. The quantitative estimate of drug-likeness (QED) is 0.868. The van der Waals surface area contributed by atoms with E-state index in [-0.39, 0.29) is 6.42 Å². The van der Waals surface area contributed by atoms with Crippen molar-refractivity contribution in [2.45, 2.75) is 19.3 Å². The maximum absolute atomic E-state index is 10.8. The molecule has 0 unspecified atom stereocenters. The third-order valence-corrected chi connectivity index (χ3v) is 4.19. The Balaban J connectivity index is 1.87. The number of carbonyl (C=O) groups is 1. The first-order valence-electron chi connectivity index (χ1n) is 7.78. The number of methoxy groups -OCH3 is 2. The van der Waals surface area contributed by atoms with Crippen LogP contribution in [-0.4, -0.2) is 37.6 Å². The Kier molecular flexibility index (Phi) is 4.55. The van der Waals surface area contributed by atoms with Crippen molar-refractivity contribution in [3.63, 3.8) is 0 Å². The van der Waals surface area contributed by atoms with E-state index < -0.39 is 5.97 Å². The third kappa shape index (κ3) is 3.27. The van der Waals surface area contributed by atoms with E-state index in [1.807, 2.05) is 12.1 Å². The van der Waals surface area contributed by atoms with Crippen LogP contribution in [0.15, 0.2) is 34.5 Å². The second-order valence-electron chi connectivity index (χ2n) is 5.75. The molecule has 2 aliphatic heterocycles. The van der Waals surface area contributed by atoms with E-state index in [2.05, 4.69) is 16.4 Å². The summed E-state index contributed by atoms with van der Waals surface area (Å²) >= 11 is 0. The first-order chi connectivity index (χ1) is 11.6. The molecule has 0 fully saturated rings. The summed E-state index contributed by atoms with van der Waals surface area (Å²) in [6, 6.07) is 3.87. The minimum absolute atomic E-state index is 0.0634. The fraction of sp³-hybridized carbons (Fsp3) is 0.333. The molecule has 0 aliphatic carbocycles. The summed E-state index contributed by atoms with van der Waals surface area (Å²) in [4.78, 5) is 15.2. The summed E-state index contributed by atoms with van der Waals surface area (Å²) in [6.07, 6.45) is 5.35.